The molecular formula is C12H22N2OS. The second-order valence-electron chi connectivity index (χ2n) is 4.67. The van der Waals surface area contributed by atoms with Crippen LogP contribution < -0.4 is 5.32 Å². The molecule has 4 heteroatoms. The van der Waals surface area contributed by atoms with E-state index in [0.29, 0.717) is 11.9 Å². The van der Waals surface area contributed by atoms with Crippen LogP contribution >= 0.6 is 11.8 Å². The van der Waals surface area contributed by atoms with E-state index in [9.17, 15) is 4.79 Å². The van der Waals surface area contributed by atoms with Crippen LogP contribution in [0.1, 0.15) is 26.2 Å². The van der Waals surface area contributed by atoms with Gasteiger partial charge in [-0.2, -0.15) is 11.8 Å². The molecule has 2 saturated heterocycles. The molecule has 1 amide bonds. The van der Waals surface area contributed by atoms with Crippen molar-refractivity contribution in [2.75, 3.05) is 31.1 Å². The lowest BCUT2D eigenvalue weighted by atomic mass is 9.96. The van der Waals surface area contributed by atoms with Crippen LogP contribution in [0.15, 0.2) is 0 Å². The van der Waals surface area contributed by atoms with Crippen LogP contribution in [-0.2, 0) is 4.79 Å². The summed E-state index contributed by atoms with van der Waals surface area (Å²) in [5.41, 5.74) is 0. The molecule has 0 radical (unpaired) electrons. The molecule has 3 nitrogen and oxygen atoms in total. The third kappa shape index (κ3) is 2.72. The maximum absolute atomic E-state index is 12.4. The summed E-state index contributed by atoms with van der Waals surface area (Å²) in [7, 11) is 0. The van der Waals surface area contributed by atoms with Crippen LogP contribution in [0, 0.1) is 5.92 Å². The van der Waals surface area contributed by atoms with Gasteiger partial charge in [0, 0.05) is 24.3 Å². The Balaban J connectivity index is 1.93. The minimum absolute atomic E-state index is 0.284. The van der Waals surface area contributed by atoms with Gasteiger partial charge >= 0.3 is 0 Å². The van der Waals surface area contributed by atoms with Gasteiger partial charge in [-0.3, -0.25) is 4.79 Å². The quantitative estimate of drug-likeness (QED) is 0.810. The van der Waals surface area contributed by atoms with Crippen LogP contribution in [0.5, 0.6) is 0 Å². The number of hydrogen-bond donors (Lipinski definition) is 1. The lowest BCUT2D eigenvalue weighted by molar-refractivity contribution is -0.138. The number of rotatable bonds is 3. The molecule has 1 unspecified atom stereocenters. The molecule has 0 aromatic rings. The van der Waals surface area contributed by atoms with Crippen molar-refractivity contribution in [3.8, 4) is 0 Å². The Labute approximate surface area is 102 Å². The highest BCUT2D eigenvalue weighted by molar-refractivity contribution is 7.99. The van der Waals surface area contributed by atoms with E-state index in [-0.39, 0.29) is 5.92 Å². The zero-order valence-corrected chi connectivity index (χ0v) is 10.9. The number of thioether (sulfide) groups is 1. The highest BCUT2D eigenvalue weighted by Crippen LogP contribution is 2.25. The van der Waals surface area contributed by atoms with E-state index in [1.807, 2.05) is 11.8 Å². The van der Waals surface area contributed by atoms with E-state index >= 15 is 0 Å². The number of amides is 1. The third-order valence-corrected chi connectivity index (χ3v) is 4.80. The fourth-order valence-corrected chi connectivity index (χ4v) is 3.89. The molecule has 2 aliphatic rings. The predicted octanol–water partition coefficient (Wildman–Crippen LogP) is 1.34. The van der Waals surface area contributed by atoms with Gasteiger partial charge in [0.1, 0.15) is 0 Å². The molecule has 0 aromatic heterocycles. The number of carbonyl (C=O) groups excluding carboxylic acids is 1. The van der Waals surface area contributed by atoms with Crippen molar-refractivity contribution >= 4 is 17.7 Å². The molecule has 0 bridgehead atoms. The van der Waals surface area contributed by atoms with E-state index in [4.69, 9.17) is 0 Å². The summed E-state index contributed by atoms with van der Waals surface area (Å²) in [6.45, 7) is 5.01. The lowest BCUT2D eigenvalue weighted by Gasteiger charge is -2.32. The lowest BCUT2D eigenvalue weighted by Crippen LogP contribution is -2.46. The van der Waals surface area contributed by atoms with Crippen molar-refractivity contribution < 1.29 is 4.79 Å². The second kappa shape index (κ2) is 5.92. The Morgan fingerprint density at radius 1 is 1.38 bits per heavy atom. The number of hydrogen-bond acceptors (Lipinski definition) is 3. The Bertz CT molecular complexity index is 235. The largest absolute Gasteiger partial charge is 0.339 e. The maximum Gasteiger partial charge on any atom is 0.226 e. The predicted molar refractivity (Wildman–Crippen MR) is 68.7 cm³/mol. The molecular weight excluding hydrogens is 220 g/mol. The van der Waals surface area contributed by atoms with E-state index < -0.39 is 0 Å². The minimum atomic E-state index is 0.284. The van der Waals surface area contributed by atoms with Crippen molar-refractivity contribution in [3.05, 3.63) is 0 Å². The molecule has 2 heterocycles. The van der Waals surface area contributed by atoms with Crippen LogP contribution in [-0.4, -0.2) is 48.0 Å². The fourth-order valence-electron chi connectivity index (χ4n) is 2.67. The molecule has 2 aliphatic heterocycles. The Kier molecular flexibility index (Phi) is 4.53. The van der Waals surface area contributed by atoms with E-state index in [2.05, 4.69) is 17.1 Å². The van der Waals surface area contributed by atoms with E-state index in [0.717, 1.165) is 38.2 Å². The summed E-state index contributed by atoms with van der Waals surface area (Å²) >= 11 is 1.98. The van der Waals surface area contributed by atoms with Gasteiger partial charge in [-0.1, -0.05) is 0 Å². The summed E-state index contributed by atoms with van der Waals surface area (Å²) in [6, 6.07) is 0.511. The topological polar surface area (TPSA) is 32.3 Å². The minimum Gasteiger partial charge on any atom is -0.339 e. The molecule has 0 spiro atoms. The molecule has 2 fully saturated rings. The first-order valence-corrected chi connectivity index (χ1v) is 7.57. The first-order chi connectivity index (χ1) is 7.83. The zero-order chi connectivity index (χ0) is 11.4. The average Bonchev–Trinajstić information content (AvgIpc) is 2.85. The molecule has 92 valence electrons. The van der Waals surface area contributed by atoms with Crippen LogP contribution in [0.2, 0.25) is 0 Å². The van der Waals surface area contributed by atoms with Crippen LogP contribution in [0.3, 0.4) is 0 Å². The average molecular weight is 242 g/mol. The summed E-state index contributed by atoms with van der Waals surface area (Å²) in [6.07, 6.45) is 3.24. The van der Waals surface area contributed by atoms with Crippen LogP contribution in [0.4, 0.5) is 0 Å². The van der Waals surface area contributed by atoms with Crippen molar-refractivity contribution in [2.45, 2.75) is 32.2 Å². The Morgan fingerprint density at radius 2 is 2.12 bits per heavy atom. The molecule has 0 saturated carbocycles. The van der Waals surface area contributed by atoms with Gasteiger partial charge in [0.15, 0.2) is 0 Å². The first kappa shape index (κ1) is 12.2. The molecule has 16 heavy (non-hydrogen) atoms. The van der Waals surface area contributed by atoms with Crippen molar-refractivity contribution in [3.63, 3.8) is 0 Å². The summed E-state index contributed by atoms with van der Waals surface area (Å²) in [5, 5.41) is 3.32. The zero-order valence-electron chi connectivity index (χ0n) is 10.1. The summed E-state index contributed by atoms with van der Waals surface area (Å²) in [5.74, 6) is 3.06. The standard InChI is InChI=1S/C12H22N2OS/c1-2-14(11-5-8-16-9-11)12(15)10-3-6-13-7-4-10/h10-11,13H,2-9H2,1H3. The van der Waals surface area contributed by atoms with Gasteiger partial charge in [-0.05, 0) is 45.0 Å². The number of nitrogens with zero attached hydrogens (tertiary/aromatic N) is 1. The van der Waals surface area contributed by atoms with Crippen LogP contribution in [0.25, 0.3) is 0 Å². The molecule has 0 aromatic carbocycles. The SMILES string of the molecule is CCN(C(=O)C1CCNCC1)C1CCSC1. The number of carbonyl (C=O) groups is 1. The second-order valence-corrected chi connectivity index (χ2v) is 5.82. The maximum atomic E-state index is 12.4. The molecule has 1 atom stereocenters. The number of piperidine rings is 1. The summed E-state index contributed by atoms with van der Waals surface area (Å²) in [4.78, 5) is 14.5. The highest BCUT2D eigenvalue weighted by atomic mass is 32.2. The fraction of sp³-hybridized carbons (Fsp3) is 0.917. The molecule has 0 aliphatic carbocycles. The third-order valence-electron chi connectivity index (χ3n) is 3.66. The van der Waals surface area contributed by atoms with Gasteiger partial charge in [0.25, 0.3) is 0 Å². The molecule has 2 rings (SSSR count). The summed E-state index contributed by atoms with van der Waals surface area (Å²) < 4.78 is 0. The van der Waals surface area contributed by atoms with Crippen molar-refractivity contribution in [2.24, 2.45) is 5.92 Å². The van der Waals surface area contributed by atoms with Gasteiger partial charge in [0.05, 0.1) is 0 Å². The van der Waals surface area contributed by atoms with Crippen molar-refractivity contribution in [1.82, 2.24) is 10.2 Å². The normalized spacial score (nSPS) is 26.9. The number of nitrogens with one attached hydrogen (secondary N) is 1. The highest BCUT2D eigenvalue weighted by Gasteiger charge is 2.31. The van der Waals surface area contributed by atoms with Gasteiger partial charge in [0.2, 0.25) is 5.91 Å². The van der Waals surface area contributed by atoms with Gasteiger partial charge in [-0.25, -0.2) is 0 Å². The molecule has 1 N–H and O–H groups in total. The first-order valence-electron chi connectivity index (χ1n) is 6.42. The Hall–Kier alpha value is -0.220. The smallest absolute Gasteiger partial charge is 0.226 e. The van der Waals surface area contributed by atoms with Gasteiger partial charge in [-0.15, -0.1) is 0 Å². The Morgan fingerprint density at radius 3 is 2.69 bits per heavy atom. The van der Waals surface area contributed by atoms with E-state index in [1.54, 1.807) is 0 Å². The van der Waals surface area contributed by atoms with Gasteiger partial charge < -0.3 is 10.2 Å². The monoisotopic (exact) mass is 242 g/mol. The van der Waals surface area contributed by atoms with E-state index in [1.165, 1.54) is 12.2 Å². The van der Waals surface area contributed by atoms with Crippen molar-refractivity contribution in [1.29, 1.82) is 0 Å².